The third-order valence-electron chi connectivity index (χ3n) is 5.64. The molecular weight excluding hydrogens is 356 g/mol. The van der Waals surface area contributed by atoms with Crippen molar-refractivity contribution in [3.63, 3.8) is 0 Å². The second kappa shape index (κ2) is 7.65. The highest BCUT2D eigenvalue weighted by molar-refractivity contribution is 5.98. The lowest BCUT2D eigenvalue weighted by Gasteiger charge is -2.24. The average Bonchev–Trinajstić information content (AvgIpc) is 2.88. The van der Waals surface area contributed by atoms with Crippen molar-refractivity contribution < 1.29 is 9.53 Å². The van der Waals surface area contributed by atoms with Crippen LogP contribution in [0, 0.1) is 11.8 Å². The Balaban J connectivity index is 2.19. The summed E-state index contributed by atoms with van der Waals surface area (Å²) in [6.45, 7) is 14.2. The molecule has 0 aromatic heterocycles. The molecule has 0 atom stereocenters. The van der Waals surface area contributed by atoms with Crippen molar-refractivity contribution in [2.24, 2.45) is 0 Å². The van der Waals surface area contributed by atoms with Gasteiger partial charge in [-0.05, 0) is 87.4 Å². The Morgan fingerprint density at radius 1 is 0.931 bits per heavy atom. The molecule has 0 bridgehead atoms. The molecule has 29 heavy (non-hydrogen) atoms. The number of carbonyl (C=O) groups excluding carboxylic acids is 1. The first-order chi connectivity index (χ1) is 13.6. The minimum Gasteiger partial charge on any atom is -0.360 e. The van der Waals surface area contributed by atoms with Crippen LogP contribution in [0.4, 0.5) is 0 Å². The molecule has 0 N–H and O–H groups in total. The number of hydrogen-bond donors (Lipinski definition) is 0. The van der Waals surface area contributed by atoms with E-state index < -0.39 is 11.2 Å². The highest BCUT2D eigenvalue weighted by Crippen LogP contribution is 2.47. The van der Waals surface area contributed by atoms with Crippen LogP contribution >= 0.6 is 0 Å². The van der Waals surface area contributed by atoms with Gasteiger partial charge in [-0.2, -0.15) is 0 Å². The van der Waals surface area contributed by atoms with Crippen molar-refractivity contribution in [3.8, 4) is 11.8 Å². The second-order valence-electron chi connectivity index (χ2n) is 8.51. The van der Waals surface area contributed by atoms with Gasteiger partial charge in [-0.15, -0.1) is 0 Å². The first kappa shape index (κ1) is 21.1. The maximum atomic E-state index is 12.7. The van der Waals surface area contributed by atoms with E-state index in [9.17, 15) is 4.79 Å². The standard InChI is InChI=1S/C27H30O2/c1-8-19-13-11-18(15-20(19)9-2)12-14-21-16-23-24(17-22(21)25(28)10-3)27(6,7)29-26(23,4)5/h8-9,11,13,15-17H,10H2,1-7H3. The van der Waals surface area contributed by atoms with Gasteiger partial charge in [-0.3, -0.25) is 4.79 Å². The van der Waals surface area contributed by atoms with E-state index in [1.165, 1.54) is 5.22 Å². The molecule has 1 heterocycles. The second-order valence-corrected chi connectivity index (χ2v) is 8.51. The Labute approximate surface area is 174 Å². The predicted octanol–water partition coefficient (Wildman–Crippen LogP) is 4.78. The number of benzene rings is 2. The molecule has 150 valence electrons. The van der Waals surface area contributed by atoms with Gasteiger partial charge >= 0.3 is 0 Å². The normalized spacial score (nSPS) is 17.6. The highest BCUT2D eigenvalue weighted by Gasteiger charge is 2.43. The van der Waals surface area contributed by atoms with Gasteiger partial charge < -0.3 is 4.74 Å². The molecule has 1 aliphatic heterocycles. The molecule has 0 saturated heterocycles. The first-order valence-corrected chi connectivity index (χ1v) is 10.3. The van der Waals surface area contributed by atoms with Gasteiger partial charge in [0.2, 0.25) is 0 Å². The van der Waals surface area contributed by atoms with Crippen LogP contribution in [0.2, 0.25) is 0 Å². The number of carbonyl (C=O) groups is 1. The lowest BCUT2D eigenvalue weighted by atomic mass is 9.85. The van der Waals surface area contributed by atoms with Gasteiger partial charge in [0.15, 0.2) is 5.78 Å². The summed E-state index contributed by atoms with van der Waals surface area (Å²) >= 11 is 0. The van der Waals surface area contributed by atoms with Gasteiger partial charge in [-0.25, -0.2) is 0 Å². The predicted molar refractivity (Wildman–Crippen MR) is 120 cm³/mol. The van der Waals surface area contributed by atoms with Crippen LogP contribution in [0.15, 0.2) is 30.3 Å². The van der Waals surface area contributed by atoms with Crippen LogP contribution in [-0.2, 0) is 15.9 Å². The van der Waals surface area contributed by atoms with E-state index in [-0.39, 0.29) is 5.78 Å². The van der Waals surface area contributed by atoms with Crippen molar-refractivity contribution >= 4 is 17.9 Å². The molecule has 3 rings (SSSR count). The molecule has 0 fully saturated rings. The average molecular weight is 387 g/mol. The van der Waals surface area contributed by atoms with E-state index in [4.69, 9.17) is 4.74 Å². The smallest absolute Gasteiger partial charge is 0.163 e. The Morgan fingerprint density at radius 3 is 2.14 bits per heavy atom. The van der Waals surface area contributed by atoms with Gasteiger partial charge in [0, 0.05) is 23.1 Å². The summed E-state index contributed by atoms with van der Waals surface area (Å²) < 4.78 is 6.28. The third kappa shape index (κ3) is 3.93. The zero-order chi connectivity index (χ0) is 21.4. The van der Waals surface area contributed by atoms with Crippen molar-refractivity contribution in [1.82, 2.24) is 0 Å². The van der Waals surface area contributed by atoms with E-state index in [0.717, 1.165) is 27.5 Å². The molecule has 2 aromatic rings. The van der Waals surface area contributed by atoms with Crippen LogP contribution in [0.5, 0.6) is 0 Å². The van der Waals surface area contributed by atoms with Crippen molar-refractivity contribution in [2.75, 3.05) is 0 Å². The van der Waals surface area contributed by atoms with Crippen LogP contribution in [-0.4, -0.2) is 5.78 Å². The Hall–Kier alpha value is -2.63. The number of ether oxygens (including phenoxy) is 1. The van der Waals surface area contributed by atoms with E-state index in [1.807, 2.05) is 32.9 Å². The maximum absolute atomic E-state index is 12.7. The van der Waals surface area contributed by atoms with Crippen LogP contribution in [0.25, 0.3) is 12.2 Å². The minimum atomic E-state index is -0.425. The first-order valence-electron chi connectivity index (χ1n) is 10.3. The number of Topliss-reactive ketones (excluding diaryl/α,β-unsaturated/α-hetero) is 1. The van der Waals surface area contributed by atoms with E-state index >= 15 is 0 Å². The number of ketones is 1. The van der Waals surface area contributed by atoms with Gasteiger partial charge in [0.25, 0.3) is 0 Å². The van der Waals surface area contributed by atoms with Crippen molar-refractivity contribution in [2.45, 2.75) is 66.1 Å². The summed E-state index contributed by atoms with van der Waals surface area (Å²) in [5, 5.41) is 2.35. The molecule has 1 aliphatic rings. The van der Waals surface area contributed by atoms with Crippen molar-refractivity contribution in [3.05, 3.63) is 68.6 Å². The summed E-state index contributed by atoms with van der Waals surface area (Å²) in [4.78, 5) is 12.7. The zero-order valence-electron chi connectivity index (χ0n) is 18.6. The largest absolute Gasteiger partial charge is 0.360 e. The Bertz CT molecular complexity index is 1150. The fourth-order valence-corrected chi connectivity index (χ4v) is 4.17. The number of hydrogen-bond acceptors (Lipinski definition) is 2. The molecule has 0 spiro atoms. The molecule has 0 radical (unpaired) electrons. The topological polar surface area (TPSA) is 26.3 Å². The lowest BCUT2D eigenvalue weighted by molar-refractivity contribution is -0.105. The summed E-state index contributed by atoms with van der Waals surface area (Å²) in [6.07, 6.45) is 4.63. The van der Waals surface area contributed by atoms with Gasteiger partial charge in [0.05, 0.1) is 11.2 Å². The monoisotopic (exact) mass is 386 g/mol. The quantitative estimate of drug-likeness (QED) is 0.548. The highest BCUT2D eigenvalue weighted by atomic mass is 16.5. The van der Waals surface area contributed by atoms with E-state index in [0.29, 0.717) is 12.0 Å². The van der Waals surface area contributed by atoms with Gasteiger partial charge in [-0.1, -0.05) is 37.0 Å². The molecule has 2 aromatic carbocycles. The number of rotatable bonds is 2. The Kier molecular flexibility index (Phi) is 5.57. The van der Waals surface area contributed by atoms with Crippen LogP contribution < -0.4 is 10.4 Å². The fourth-order valence-electron chi connectivity index (χ4n) is 4.17. The molecule has 2 heteroatoms. The fraction of sp³-hybridized carbons (Fsp3) is 0.370. The maximum Gasteiger partial charge on any atom is 0.163 e. The zero-order valence-corrected chi connectivity index (χ0v) is 18.6. The summed E-state index contributed by atoms with van der Waals surface area (Å²) in [6, 6.07) is 10.3. The molecular formula is C27H30O2. The molecule has 0 amide bonds. The molecule has 0 unspecified atom stereocenters. The van der Waals surface area contributed by atoms with E-state index in [1.54, 1.807) is 0 Å². The van der Waals surface area contributed by atoms with E-state index in [2.05, 4.69) is 69.9 Å². The van der Waals surface area contributed by atoms with Gasteiger partial charge in [0.1, 0.15) is 0 Å². The SMILES string of the molecule is CC=c1ccc(C#Cc2cc3c(cc2C(=O)CC)C(C)(C)OC3(C)C)cc1=CC. The third-order valence-corrected chi connectivity index (χ3v) is 5.64. The summed E-state index contributed by atoms with van der Waals surface area (Å²) in [7, 11) is 0. The van der Waals surface area contributed by atoms with Crippen LogP contribution in [0.1, 0.15) is 87.5 Å². The lowest BCUT2D eigenvalue weighted by Crippen LogP contribution is -2.23. The minimum absolute atomic E-state index is 0.108. The van der Waals surface area contributed by atoms with Crippen molar-refractivity contribution in [1.29, 1.82) is 0 Å². The molecule has 0 aliphatic carbocycles. The number of fused-ring (bicyclic) bond motifs is 1. The molecule has 2 nitrogen and oxygen atoms in total. The summed E-state index contributed by atoms with van der Waals surface area (Å²) in [5.41, 5.74) is 3.76. The Morgan fingerprint density at radius 2 is 1.55 bits per heavy atom. The molecule has 0 saturated carbocycles. The summed E-state index contributed by atoms with van der Waals surface area (Å²) in [5.74, 6) is 6.65. The van der Waals surface area contributed by atoms with Crippen LogP contribution in [0.3, 0.4) is 0 Å².